The fourth-order valence-corrected chi connectivity index (χ4v) is 5.12. The standard InChI is InChI=1S/C19H20ClN3O2S/c1-3-14(11-21)12-23-13(2)18(17-16(20)9-10-22-19(17)23)26(24,25)15-7-5-4-6-8-15/h4-11,14,21H,3,12H2,1-2H3. The lowest BCUT2D eigenvalue weighted by Crippen LogP contribution is -2.13. The van der Waals surface area contributed by atoms with E-state index < -0.39 is 9.84 Å². The average molecular weight is 390 g/mol. The first kappa shape index (κ1) is 18.6. The molecule has 0 amide bonds. The van der Waals surface area contributed by atoms with E-state index in [1.807, 2.05) is 11.5 Å². The zero-order chi connectivity index (χ0) is 18.9. The fourth-order valence-electron chi connectivity index (χ4n) is 3.11. The van der Waals surface area contributed by atoms with Crippen LogP contribution in [0.5, 0.6) is 0 Å². The highest BCUT2D eigenvalue weighted by molar-refractivity contribution is 7.91. The molecule has 1 atom stereocenters. The van der Waals surface area contributed by atoms with E-state index in [9.17, 15) is 8.42 Å². The highest BCUT2D eigenvalue weighted by atomic mass is 35.5. The van der Waals surface area contributed by atoms with Crippen molar-refractivity contribution in [1.29, 1.82) is 5.41 Å². The number of fused-ring (bicyclic) bond motifs is 1. The van der Waals surface area contributed by atoms with Crippen molar-refractivity contribution < 1.29 is 8.42 Å². The predicted octanol–water partition coefficient (Wildman–Crippen LogP) is 4.51. The van der Waals surface area contributed by atoms with Gasteiger partial charge in [-0.25, -0.2) is 13.4 Å². The van der Waals surface area contributed by atoms with E-state index in [0.717, 1.165) is 6.42 Å². The van der Waals surface area contributed by atoms with Crippen LogP contribution in [-0.2, 0) is 16.4 Å². The maximum absolute atomic E-state index is 13.3. The molecule has 2 heterocycles. The summed E-state index contributed by atoms with van der Waals surface area (Å²) >= 11 is 6.38. The van der Waals surface area contributed by atoms with Crippen LogP contribution >= 0.6 is 11.6 Å². The lowest BCUT2D eigenvalue weighted by Gasteiger charge is -2.13. The van der Waals surface area contributed by atoms with Gasteiger partial charge in [-0.1, -0.05) is 36.7 Å². The van der Waals surface area contributed by atoms with Crippen molar-refractivity contribution in [3.63, 3.8) is 0 Å². The summed E-state index contributed by atoms with van der Waals surface area (Å²) in [5.41, 5.74) is 1.12. The average Bonchev–Trinajstić information content (AvgIpc) is 2.94. The number of nitrogens with one attached hydrogen (secondary N) is 1. The van der Waals surface area contributed by atoms with Gasteiger partial charge in [0.15, 0.2) is 0 Å². The van der Waals surface area contributed by atoms with E-state index in [2.05, 4.69) is 4.98 Å². The predicted molar refractivity (Wildman–Crippen MR) is 104 cm³/mol. The molecule has 0 fully saturated rings. The monoisotopic (exact) mass is 389 g/mol. The lowest BCUT2D eigenvalue weighted by molar-refractivity contribution is 0.547. The quantitative estimate of drug-likeness (QED) is 0.630. The van der Waals surface area contributed by atoms with Crippen LogP contribution in [0.4, 0.5) is 0 Å². The third-order valence-electron chi connectivity index (χ3n) is 4.60. The van der Waals surface area contributed by atoms with Crippen LogP contribution in [-0.4, -0.2) is 24.2 Å². The highest BCUT2D eigenvalue weighted by Crippen LogP contribution is 2.37. The van der Waals surface area contributed by atoms with E-state index in [4.69, 9.17) is 17.0 Å². The first-order valence-corrected chi connectivity index (χ1v) is 10.2. The Hall–Kier alpha value is -2.18. The van der Waals surface area contributed by atoms with Gasteiger partial charge in [-0.05, 0) is 31.5 Å². The van der Waals surface area contributed by atoms with Gasteiger partial charge in [-0.2, -0.15) is 0 Å². The number of hydrogen-bond donors (Lipinski definition) is 1. The molecule has 136 valence electrons. The van der Waals surface area contributed by atoms with Crippen LogP contribution in [0.2, 0.25) is 5.02 Å². The summed E-state index contributed by atoms with van der Waals surface area (Å²) in [6, 6.07) is 9.93. The van der Waals surface area contributed by atoms with Crippen molar-refractivity contribution in [2.75, 3.05) is 0 Å². The molecule has 0 saturated carbocycles. The first-order valence-electron chi connectivity index (χ1n) is 8.35. The van der Waals surface area contributed by atoms with Crippen LogP contribution in [0.15, 0.2) is 52.4 Å². The SMILES string of the molecule is CCC(C=N)Cn1c(C)c(S(=O)(=O)c2ccccc2)c2c(Cl)ccnc21. The third kappa shape index (κ3) is 3.04. The van der Waals surface area contributed by atoms with Crippen molar-refractivity contribution in [3.8, 4) is 0 Å². The van der Waals surface area contributed by atoms with Crippen molar-refractivity contribution in [2.24, 2.45) is 5.92 Å². The highest BCUT2D eigenvalue weighted by Gasteiger charge is 2.29. The van der Waals surface area contributed by atoms with E-state index >= 15 is 0 Å². The van der Waals surface area contributed by atoms with Gasteiger partial charge in [-0.3, -0.25) is 0 Å². The number of halogens is 1. The minimum Gasteiger partial charge on any atom is -0.328 e. The summed E-state index contributed by atoms with van der Waals surface area (Å²) in [6.07, 6.45) is 3.75. The Balaban J connectivity index is 2.33. The molecule has 0 radical (unpaired) electrons. The van der Waals surface area contributed by atoms with Gasteiger partial charge >= 0.3 is 0 Å². The second-order valence-electron chi connectivity index (χ2n) is 6.17. The normalized spacial score (nSPS) is 13.0. The molecule has 2 aromatic heterocycles. The first-order chi connectivity index (χ1) is 12.4. The third-order valence-corrected chi connectivity index (χ3v) is 6.84. The summed E-state index contributed by atoms with van der Waals surface area (Å²) in [4.78, 5) is 4.81. The number of benzene rings is 1. The van der Waals surface area contributed by atoms with Crippen LogP contribution in [0, 0.1) is 18.3 Å². The van der Waals surface area contributed by atoms with Crippen molar-refractivity contribution in [1.82, 2.24) is 9.55 Å². The second kappa shape index (κ2) is 7.21. The molecular formula is C19H20ClN3O2S. The number of sulfone groups is 1. The molecule has 0 spiro atoms. The fraction of sp³-hybridized carbons (Fsp3) is 0.263. The Morgan fingerprint density at radius 1 is 1.27 bits per heavy atom. The number of hydrogen-bond acceptors (Lipinski definition) is 4. The van der Waals surface area contributed by atoms with Crippen molar-refractivity contribution in [2.45, 2.75) is 36.6 Å². The van der Waals surface area contributed by atoms with Gasteiger partial charge in [0.1, 0.15) is 10.5 Å². The number of aromatic nitrogens is 2. The number of pyridine rings is 1. The van der Waals surface area contributed by atoms with Gasteiger partial charge < -0.3 is 9.98 Å². The number of rotatable bonds is 6. The molecule has 0 aliphatic rings. The molecule has 3 rings (SSSR count). The molecule has 0 aliphatic carbocycles. The molecule has 0 saturated heterocycles. The molecule has 26 heavy (non-hydrogen) atoms. The zero-order valence-corrected chi connectivity index (χ0v) is 16.2. The summed E-state index contributed by atoms with van der Waals surface area (Å²) in [5.74, 6) is -0.00244. The molecule has 0 bridgehead atoms. The lowest BCUT2D eigenvalue weighted by atomic mass is 10.1. The van der Waals surface area contributed by atoms with Gasteiger partial charge in [0.05, 0.1) is 15.3 Å². The Bertz CT molecular complexity index is 1060. The van der Waals surface area contributed by atoms with Crippen LogP contribution in [0.25, 0.3) is 11.0 Å². The molecule has 1 aromatic carbocycles. The molecular weight excluding hydrogens is 370 g/mol. The Morgan fingerprint density at radius 3 is 2.58 bits per heavy atom. The van der Waals surface area contributed by atoms with Crippen molar-refractivity contribution in [3.05, 3.63) is 53.3 Å². The van der Waals surface area contributed by atoms with E-state index in [1.54, 1.807) is 49.5 Å². The summed E-state index contributed by atoms with van der Waals surface area (Å²) in [7, 11) is -3.75. The van der Waals surface area contributed by atoms with Crippen LogP contribution < -0.4 is 0 Å². The number of nitrogens with zero attached hydrogens (tertiary/aromatic N) is 2. The smallest absolute Gasteiger partial charge is 0.209 e. The largest absolute Gasteiger partial charge is 0.328 e. The topological polar surface area (TPSA) is 75.8 Å². The van der Waals surface area contributed by atoms with E-state index in [-0.39, 0.29) is 15.7 Å². The second-order valence-corrected chi connectivity index (χ2v) is 8.46. The van der Waals surface area contributed by atoms with E-state index in [1.165, 1.54) is 6.21 Å². The molecule has 7 heteroatoms. The molecule has 1 N–H and O–H groups in total. The molecule has 5 nitrogen and oxygen atoms in total. The molecule has 3 aromatic rings. The van der Waals surface area contributed by atoms with E-state index in [0.29, 0.717) is 28.3 Å². The van der Waals surface area contributed by atoms with Gasteiger partial charge in [-0.15, -0.1) is 0 Å². The van der Waals surface area contributed by atoms with Gasteiger partial charge in [0.2, 0.25) is 9.84 Å². The van der Waals surface area contributed by atoms with Gasteiger partial charge in [0.25, 0.3) is 0 Å². The zero-order valence-electron chi connectivity index (χ0n) is 14.6. The minimum absolute atomic E-state index is 0.00244. The molecule has 1 unspecified atom stereocenters. The van der Waals surface area contributed by atoms with Crippen LogP contribution in [0.3, 0.4) is 0 Å². The maximum atomic E-state index is 13.3. The summed E-state index contributed by atoms with van der Waals surface area (Å²) in [5, 5.41) is 8.39. The summed E-state index contributed by atoms with van der Waals surface area (Å²) < 4.78 is 28.5. The molecule has 0 aliphatic heterocycles. The Kier molecular flexibility index (Phi) is 5.16. The summed E-state index contributed by atoms with van der Waals surface area (Å²) in [6.45, 7) is 4.25. The van der Waals surface area contributed by atoms with Gasteiger partial charge in [0, 0.05) is 30.6 Å². The minimum atomic E-state index is -3.75. The maximum Gasteiger partial charge on any atom is 0.209 e. The van der Waals surface area contributed by atoms with Crippen LogP contribution in [0.1, 0.15) is 19.0 Å². The Labute approximate surface area is 158 Å². The Morgan fingerprint density at radius 2 is 1.96 bits per heavy atom. The van der Waals surface area contributed by atoms with Crippen molar-refractivity contribution >= 4 is 38.7 Å².